The fraction of sp³-hybridized carbons (Fsp3) is 0.462. The van der Waals surface area contributed by atoms with E-state index in [1.807, 2.05) is 19.9 Å². The molecule has 1 atom stereocenters. The number of carbonyl (C=O) groups excluding carboxylic acids is 2. The van der Waals surface area contributed by atoms with Gasteiger partial charge in [0, 0.05) is 31.1 Å². The number of benzene rings is 2. The fourth-order valence-corrected chi connectivity index (χ4v) is 4.87. The molecule has 1 unspecified atom stereocenters. The Hall–Kier alpha value is -2.78. The third-order valence-electron chi connectivity index (χ3n) is 5.55. The summed E-state index contributed by atoms with van der Waals surface area (Å²) in [5, 5.41) is 3.38. The van der Waals surface area contributed by atoms with Crippen LogP contribution in [0.3, 0.4) is 0 Å². The van der Waals surface area contributed by atoms with E-state index in [0.29, 0.717) is 29.6 Å². The summed E-state index contributed by atoms with van der Waals surface area (Å²) in [7, 11) is -3.57. The summed E-state index contributed by atoms with van der Waals surface area (Å²) in [6.07, 6.45) is 2.29. The highest BCUT2D eigenvalue weighted by atomic mass is 35.5. The zero-order valence-electron chi connectivity index (χ0n) is 21.4. The fourth-order valence-electron chi connectivity index (χ4n) is 3.69. The average Bonchev–Trinajstić information content (AvgIpc) is 2.83. The van der Waals surface area contributed by atoms with Crippen LogP contribution in [0.1, 0.15) is 45.6 Å². The van der Waals surface area contributed by atoms with Crippen LogP contribution in [0.25, 0.3) is 0 Å². The van der Waals surface area contributed by atoms with Gasteiger partial charge in [-0.1, -0.05) is 30.7 Å². The van der Waals surface area contributed by atoms with E-state index in [2.05, 4.69) is 5.32 Å². The zero-order chi connectivity index (χ0) is 26.7. The van der Waals surface area contributed by atoms with Crippen LogP contribution in [-0.2, 0) is 26.2 Å². The molecule has 0 bridgehead atoms. The third kappa shape index (κ3) is 9.02. The second-order valence-electron chi connectivity index (χ2n) is 8.48. The Labute approximate surface area is 219 Å². The molecule has 10 heteroatoms. The number of rotatable bonds is 14. The van der Waals surface area contributed by atoms with Gasteiger partial charge in [0.2, 0.25) is 21.8 Å². The molecule has 0 saturated heterocycles. The van der Waals surface area contributed by atoms with Crippen LogP contribution in [0.15, 0.2) is 48.5 Å². The van der Waals surface area contributed by atoms with Crippen molar-refractivity contribution < 1.29 is 22.7 Å². The minimum atomic E-state index is -3.57. The first-order valence-corrected chi connectivity index (χ1v) is 14.3. The van der Waals surface area contributed by atoms with Gasteiger partial charge in [0.25, 0.3) is 0 Å². The number of hydrogen-bond donors (Lipinski definition) is 1. The first-order valence-electron chi connectivity index (χ1n) is 12.1. The van der Waals surface area contributed by atoms with Gasteiger partial charge in [-0.25, -0.2) is 8.42 Å². The molecule has 0 fully saturated rings. The highest BCUT2D eigenvalue weighted by Gasteiger charge is 2.26. The van der Waals surface area contributed by atoms with Crippen molar-refractivity contribution in [3.05, 3.63) is 59.1 Å². The van der Waals surface area contributed by atoms with Gasteiger partial charge in [0.05, 0.1) is 18.6 Å². The van der Waals surface area contributed by atoms with Crippen molar-refractivity contribution >= 4 is 39.1 Å². The topological polar surface area (TPSA) is 96.0 Å². The first-order chi connectivity index (χ1) is 17.1. The van der Waals surface area contributed by atoms with E-state index in [-0.39, 0.29) is 37.7 Å². The molecule has 0 radical (unpaired) electrons. The monoisotopic (exact) mass is 537 g/mol. The molecule has 0 heterocycles. The maximum absolute atomic E-state index is 13.3. The van der Waals surface area contributed by atoms with Crippen molar-refractivity contribution in [2.45, 2.75) is 52.6 Å². The lowest BCUT2D eigenvalue weighted by Gasteiger charge is -2.29. The van der Waals surface area contributed by atoms with Crippen LogP contribution < -0.4 is 14.4 Å². The molecule has 198 valence electrons. The molecule has 0 saturated carbocycles. The van der Waals surface area contributed by atoms with Gasteiger partial charge >= 0.3 is 0 Å². The normalized spacial score (nSPS) is 12.0. The van der Waals surface area contributed by atoms with E-state index in [0.717, 1.165) is 18.2 Å². The van der Waals surface area contributed by atoms with E-state index in [1.54, 1.807) is 49.4 Å². The summed E-state index contributed by atoms with van der Waals surface area (Å²) in [6, 6.07) is 13.2. The van der Waals surface area contributed by atoms with Crippen LogP contribution in [0.5, 0.6) is 5.75 Å². The van der Waals surface area contributed by atoms with Crippen molar-refractivity contribution in [3.8, 4) is 5.75 Å². The first kappa shape index (κ1) is 29.5. The summed E-state index contributed by atoms with van der Waals surface area (Å²) in [5.41, 5.74) is 1.30. The Kier molecular flexibility index (Phi) is 11.5. The molecular formula is C26H36ClN3O5S. The zero-order valence-corrected chi connectivity index (χ0v) is 22.9. The van der Waals surface area contributed by atoms with E-state index in [9.17, 15) is 18.0 Å². The van der Waals surface area contributed by atoms with Crippen molar-refractivity contribution in [1.29, 1.82) is 0 Å². The number of anilines is 1. The number of nitrogens with zero attached hydrogens (tertiary/aromatic N) is 2. The molecule has 2 aromatic rings. The van der Waals surface area contributed by atoms with E-state index in [1.165, 1.54) is 9.21 Å². The largest absolute Gasteiger partial charge is 0.494 e. The molecule has 2 amide bonds. The van der Waals surface area contributed by atoms with Crippen LogP contribution in [0, 0.1) is 0 Å². The lowest BCUT2D eigenvalue weighted by atomic mass is 10.1. The summed E-state index contributed by atoms with van der Waals surface area (Å²) >= 11 is 6.11. The number of sulfonamides is 1. The van der Waals surface area contributed by atoms with Crippen molar-refractivity contribution in [2.75, 3.05) is 30.3 Å². The predicted octanol–water partition coefficient (Wildman–Crippen LogP) is 4.23. The summed E-state index contributed by atoms with van der Waals surface area (Å²) < 4.78 is 31.6. The molecule has 0 aromatic heterocycles. The molecule has 0 aliphatic rings. The van der Waals surface area contributed by atoms with Crippen molar-refractivity contribution in [1.82, 2.24) is 10.2 Å². The van der Waals surface area contributed by atoms with E-state index < -0.39 is 16.1 Å². The molecule has 1 N–H and O–H groups in total. The van der Waals surface area contributed by atoms with Gasteiger partial charge in [-0.15, -0.1) is 0 Å². The van der Waals surface area contributed by atoms with Crippen LogP contribution >= 0.6 is 11.6 Å². The molecule has 0 aliphatic carbocycles. The predicted molar refractivity (Wildman–Crippen MR) is 144 cm³/mol. The maximum Gasteiger partial charge on any atom is 0.242 e. The highest BCUT2D eigenvalue weighted by Crippen LogP contribution is 2.23. The second-order valence-corrected chi connectivity index (χ2v) is 10.8. The highest BCUT2D eigenvalue weighted by molar-refractivity contribution is 7.92. The van der Waals surface area contributed by atoms with E-state index >= 15 is 0 Å². The lowest BCUT2D eigenvalue weighted by molar-refractivity contribution is -0.140. The Balaban J connectivity index is 2.14. The summed E-state index contributed by atoms with van der Waals surface area (Å²) in [5.74, 6) is 0.172. The third-order valence-corrected chi connectivity index (χ3v) is 6.98. The number of ether oxygens (including phenoxy) is 1. The lowest BCUT2D eigenvalue weighted by Crippen LogP contribution is -2.47. The SMILES string of the molecule is CCCNC(=O)C(C)N(Cc1cccc(Cl)c1)C(=O)CCCN(c1ccc(OCC)cc1)S(C)(=O)=O. The maximum atomic E-state index is 13.3. The summed E-state index contributed by atoms with van der Waals surface area (Å²) in [6.45, 7) is 6.89. The molecule has 2 rings (SSSR count). The minimum Gasteiger partial charge on any atom is -0.494 e. The molecular weight excluding hydrogens is 502 g/mol. The quantitative estimate of drug-likeness (QED) is 0.389. The number of carbonyl (C=O) groups is 2. The standard InChI is InChI=1S/C26H36ClN3O5S/c1-5-16-28-26(32)20(3)29(19-21-9-7-10-22(27)18-21)25(31)11-8-17-30(36(4,33)34)23-12-14-24(15-13-23)35-6-2/h7,9-10,12-15,18,20H,5-6,8,11,16-17,19H2,1-4H3,(H,28,32). The van der Waals surface area contributed by atoms with Gasteiger partial charge in [-0.3, -0.25) is 13.9 Å². The molecule has 36 heavy (non-hydrogen) atoms. The van der Waals surface area contributed by atoms with Gasteiger partial charge in [-0.2, -0.15) is 0 Å². The smallest absolute Gasteiger partial charge is 0.242 e. The Morgan fingerprint density at radius 1 is 1.11 bits per heavy atom. The Morgan fingerprint density at radius 3 is 2.39 bits per heavy atom. The van der Waals surface area contributed by atoms with Gasteiger partial charge < -0.3 is 15.0 Å². The molecule has 8 nitrogen and oxygen atoms in total. The number of amides is 2. The Morgan fingerprint density at radius 2 is 1.81 bits per heavy atom. The Bertz CT molecular complexity index is 1110. The van der Waals surface area contributed by atoms with Crippen LogP contribution in [0.4, 0.5) is 5.69 Å². The van der Waals surface area contributed by atoms with Crippen LogP contribution in [-0.4, -0.2) is 57.1 Å². The molecule has 0 spiro atoms. The minimum absolute atomic E-state index is 0.0784. The van der Waals surface area contributed by atoms with Crippen molar-refractivity contribution in [3.63, 3.8) is 0 Å². The molecule has 0 aliphatic heterocycles. The van der Waals surface area contributed by atoms with Gasteiger partial charge in [-0.05, 0) is 68.7 Å². The number of nitrogens with one attached hydrogen (secondary N) is 1. The second kappa shape index (κ2) is 14.1. The van der Waals surface area contributed by atoms with E-state index in [4.69, 9.17) is 16.3 Å². The van der Waals surface area contributed by atoms with Crippen LogP contribution in [0.2, 0.25) is 5.02 Å². The van der Waals surface area contributed by atoms with Crippen molar-refractivity contribution in [2.24, 2.45) is 0 Å². The van der Waals surface area contributed by atoms with Gasteiger partial charge in [0.15, 0.2) is 0 Å². The average molecular weight is 538 g/mol. The number of hydrogen-bond acceptors (Lipinski definition) is 5. The summed E-state index contributed by atoms with van der Waals surface area (Å²) in [4.78, 5) is 27.4. The van der Waals surface area contributed by atoms with Gasteiger partial charge in [0.1, 0.15) is 11.8 Å². The molecule has 2 aromatic carbocycles. The number of halogens is 1.